The molecular weight excluding hydrogens is 238 g/mol. The number of ether oxygens (including phenoxy) is 1. The summed E-state index contributed by atoms with van der Waals surface area (Å²) in [6, 6.07) is 0.277. The van der Waals surface area contributed by atoms with E-state index in [-0.39, 0.29) is 11.6 Å². The van der Waals surface area contributed by atoms with Crippen molar-refractivity contribution in [2.45, 2.75) is 59.1 Å². The molecule has 0 fully saturated rings. The van der Waals surface area contributed by atoms with Crippen LogP contribution >= 0.6 is 0 Å². The van der Waals surface area contributed by atoms with Gasteiger partial charge in [-0.1, -0.05) is 20.8 Å². The first-order valence-electron chi connectivity index (χ1n) is 7.17. The Labute approximate surface area is 117 Å². The van der Waals surface area contributed by atoms with Crippen LogP contribution in [0.5, 0.6) is 0 Å². The highest BCUT2D eigenvalue weighted by atomic mass is 16.5. The molecule has 108 valence electrons. The van der Waals surface area contributed by atoms with E-state index in [4.69, 9.17) is 4.74 Å². The molecule has 0 bridgehead atoms. The van der Waals surface area contributed by atoms with Gasteiger partial charge in [-0.25, -0.2) is 9.97 Å². The summed E-state index contributed by atoms with van der Waals surface area (Å²) in [7, 11) is 1.74. The maximum atomic E-state index is 5.68. The third-order valence-corrected chi connectivity index (χ3v) is 3.93. The molecule has 0 aliphatic rings. The summed E-state index contributed by atoms with van der Waals surface area (Å²) in [5.74, 6) is 0.796. The van der Waals surface area contributed by atoms with E-state index in [9.17, 15) is 0 Å². The van der Waals surface area contributed by atoms with Gasteiger partial charge in [0.15, 0.2) is 5.82 Å². The van der Waals surface area contributed by atoms with Crippen LogP contribution in [0.3, 0.4) is 0 Å². The van der Waals surface area contributed by atoms with E-state index >= 15 is 0 Å². The van der Waals surface area contributed by atoms with Crippen molar-refractivity contribution in [2.24, 2.45) is 0 Å². The zero-order valence-electron chi connectivity index (χ0n) is 13.1. The van der Waals surface area contributed by atoms with E-state index in [2.05, 4.69) is 43.0 Å². The molecule has 0 radical (unpaired) electrons. The average Bonchev–Trinajstić information content (AvgIpc) is 2.41. The van der Waals surface area contributed by atoms with Gasteiger partial charge in [0.1, 0.15) is 5.60 Å². The van der Waals surface area contributed by atoms with Gasteiger partial charge in [0, 0.05) is 30.6 Å². The molecule has 1 atom stereocenters. The van der Waals surface area contributed by atoms with E-state index in [1.54, 1.807) is 7.11 Å². The second-order valence-corrected chi connectivity index (χ2v) is 4.92. The number of rotatable bonds is 7. The van der Waals surface area contributed by atoms with Crippen molar-refractivity contribution >= 4 is 0 Å². The number of aromatic nitrogens is 2. The lowest BCUT2D eigenvalue weighted by atomic mass is 9.95. The van der Waals surface area contributed by atoms with Crippen LogP contribution in [0.1, 0.15) is 63.7 Å². The topological polar surface area (TPSA) is 47.0 Å². The molecule has 4 heteroatoms. The molecule has 0 amide bonds. The first-order chi connectivity index (χ1) is 9.04. The molecule has 0 saturated carbocycles. The fraction of sp³-hybridized carbons (Fsp3) is 0.733. The predicted molar refractivity (Wildman–Crippen MR) is 78.1 cm³/mol. The van der Waals surface area contributed by atoms with Gasteiger partial charge in [0.25, 0.3) is 0 Å². The quantitative estimate of drug-likeness (QED) is 0.823. The van der Waals surface area contributed by atoms with Crippen LogP contribution in [-0.4, -0.2) is 23.6 Å². The Hall–Kier alpha value is -1.00. The van der Waals surface area contributed by atoms with Gasteiger partial charge in [-0.2, -0.15) is 0 Å². The van der Waals surface area contributed by atoms with Crippen molar-refractivity contribution in [3.63, 3.8) is 0 Å². The summed E-state index contributed by atoms with van der Waals surface area (Å²) in [5, 5.41) is 3.39. The zero-order valence-corrected chi connectivity index (χ0v) is 13.1. The molecule has 0 saturated heterocycles. The molecule has 0 aliphatic carbocycles. The molecule has 0 aliphatic heterocycles. The Bertz CT molecular complexity index is 394. The summed E-state index contributed by atoms with van der Waals surface area (Å²) in [5.41, 5.74) is 1.83. The molecule has 0 aromatic carbocycles. The lowest BCUT2D eigenvalue weighted by Crippen LogP contribution is -2.30. The number of aryl methyl sites for hydroxylation is 1. The van der Waals surface area contributed by atoms with Crippen LogP contribution < -0.4 is 5.32 Å². The second-order valence-electron chi connectivity index (χ2n) is 4.92. The first-order valence-corrected chi connectivity index (χ1v) is 7.17. The largest absolute Gasteiger partial charge is 0.370 e. The Balaban J connectivity index is 3.11. The van der Waals surface area contributed by atoms with Crippen LogP contribution in [0.15, 0.2) is 6.20 Å². The predicted octanol–water partition coefficient (Wildman–Crippen LogP) is 3.12. The molecule has 1 aromatic rings. The fourth-order valence-corrected chi connectivity index (χ4v) is 2.48. The Kier molecular flexibility index (Phi) is 5.88. The Morgan fingerprint density at radius 3 is 2.37 bits per heavy atom. The van der Waals surface area contributed by atoms with Crippen molar-refractivity contribution in [1.29, 1.82) is 0 Å². The van der Waals surface area contributed by atoms with Gasteiger partial charge >= 0.3 is 0 Å². The van der Waals surface area contributed by atoms with Crippen molar-refractivity contribution in [2.75, 3.05) is 13.7 Å². The Morgan fingerprint density at radius 2 is 1.95 bits per heavy atom. The summed E-state index contributed by atoms with van der Waals surface area (Å²) < 4.78 is 5.68. The molecule has 1 heterocycles. The van der Waals surface area contributed by atoms with Crippen LogP contribution in [0.25, 0.3) is 0 Å². The monoisotopic (exact) mass is 265 g/mol. The molecule has 19 heavy (non-hydrogen) atoms. The minimum absolute atomic E-state index is 0.277. The Morgan fingerprint density at radius 1 is 1.32 bits per heavy atom. The van der Waals surface area contributed by atoms with Crippen LogP contribution in [0, 0.1) is 6.92 Å². The van der Waals surface area contributed by atoms with Crippen LogP contribution in [-0.2, 0) is 10.3 Å². The van der Waals surface area contributed by atoms with Crippen LogP contribution in [0.2, 0.25) is 0 Å². The van der Waals surface area contributed by atoms with Crippen molar-refractivity contribution in [3.05, 3.63) is 23.3 Å². The summed E-state index contributed by atoms with van der Waals surface area (Å²) in [6.07, 6.45) is 3.69. The minimum atomic E-state index is -0.356. The van der Waals surface area contributed by atoms with Gasteiger partial charge in [-0.15, -0.1) is 0 Å². The molecule has 1 N–H and O–H groups in total. The lowest BCUT2D eigenvalue weighted by Gasteiger charge is -2.29. The van der Waals surface area contributed by atoms with E-state index in [0.29, 0.717) is 0 Å². The maximum absolute atomic E-state index is 5.68. The molecular formula is C15H27N3O. The SMILES string of the molecule is CCNC(C)c1cnc(C(CC)(CC)OC)nc1C. The fourth-order valence-electron chi connectivity index (χ4n) is 2.48. The minimum Gasteiger partial charge on any atom is -0.370 e. The van der Waals surface area contributed by atoms with E-state index in [1.807, 2.05) is 13.1 Å². The number of hydrogen-bond acceptors (Lipinski definition) is 4. The number of nitrogens with zero attached hydrogens (tertiary/aromatic N) is 2. The van der Waals surface area contributed by atoms with Gasteiger partial charge in [0.2, 0.25) is 0 Å². The van der Waals surface area contributed by atoms with Gasteiger partial charge < -0.3 is 10.1 Å². The molecule has 1 unspecified atom stereocenters. The van der Waals surface area contributed by atoms with Crippen molar-refractivity contribution < 1.29 is 4.74 Å². The smallest absolute Gasteiger partial charge is 0.160 e. The standard InChI is InChI=1S/C15H27N3O/c1-7-15(8-2,19-6)14-17-10-13(12(5)18-14)11(4)16-9-3/h10-11,16H,7-9H2,1-6H3. The van der Waals surface area contributed by atoms with Crippen LogP contribution in [0.4, 0.5) is 0 Å². The maximum Gasteiger partial charge on any atom is 0.160 e. The number of nitrogens with one attached hydrogen (secondary N) is 1. The molecule has 1 aromatic heterocycles. The summed E-state index contributed by atoms with van der Waals surface area (Å²) in [6.45, 7) is 11.4. The summed E-state index contributed by atoms with van der Waals surface area (Å²) in [4.78, 5) is 9.24. The first kappa shape index (κ1) is 16.1. The highest BCUT2D eigenvalue weighted by molar-refractivity contribution is 5.21. The molecule has 4 nitrogen and oxygen atoms in total. The third kappa shape index (κ3) is 3.31. The summed E-state index contributed by atoms with van der Waals surface area (Å²) >= 11 is 0. The van der Waals surface area contributed by atoms with E-state index < -0.39 is 0 Å². The van der Waals surface area contributed by atoms with Gasteiger partial charge in [-0.05, 0) is 33.2 Å². The molecule has 1 rings (SSSR count). The number of methoxy groups -OCH3 is 1. The zero-order chi connectivity index (χ0) is 14.5. The third-order valence-electron chi connectivity index (χ3n) is 3.93. The highest BCUT2D eigenvalue weighted by Gasteiger charge is 2.31. The second kappa shape index (κ2) is 6.96. The molecule has 0 spiro atoms. The number of hydrogen-bond donors (Lipinski definition) is 1. The van der Waals surface area contributed by atoms with E-state index in [1.165, 1.54) is 0 Å². The van der Waals surface area contributed by atoms with Gasteiger partial charge in [-0.3, -0.25) is 0 Å². The average molecular weight is 265 g/mol. The lowest BCUT2D eigenvalue weighted by molar-refractivity contribution is -0.0293. The van der Waals surface area contributed by atoms with Crippen molar-refractivity contribution in [3.8, 4) is 0 Å². The van der Waals surface area contributed by atoms with Gasteiger partial charge in [0.05, 0.1) is 0 Å². The van der Waals surface area contributed by atoms with E-state index in [0.717, 1.165) is 36.5 Å². The van der Waals surface area contributed by atoms with Crippen molar-refractivity contribution in [1.82, 2.24) is 15.3 Å². The highest BCUT2D eigenvalue weighted by Crippen LogP contribution is 2.30. The normalized spacial score (nSPS) is 13.6.